The Bertz CT molecular complexity index is 775. The van der Waals surface area contributed by atoms with Crippen LogP contribution < -0.4 is 0 Å². The van der Waals surface area contributed by atoms with Crippen molar-refractivity contribution in [3.63, 3.8) is 0 Å². The summed E-state index contributed by atoms with van der Waals surface area (Å²) in [5.41, 5.74) is 5.18. The maximum absolute atomic E-state index is 12.4. The zero-order chi connectivity index (χ0) is 16.3. The summed E-state index contributed by atoms with van der Waals surface area (Å²) in [6, 6.07) is 9.88. The van der Waals surface area contributed by atoms with E-state index in [4.69, 9.17) is 0 Å². The Hall–Kier alpha value is -2.12. The summed E-state index contributed by atoms with van der Waals surface area (Å²) < 4.78 is 0. The lowest BCUT2D eigenvalue weighted by atomic mass is 10.0. The number of aryl methyl sites for hydroxylation is 4. The second-order valence-electron chi connectivity index (χ2n) is 5.40. The SMILES string of the molecule is Cc1ccc(C(=O)CSc2nc(C)cc(C)c2C#N)c(C)c1. The molecule has 2 rings (SSSR count). The molecule has 0 aliphatic heterocycles. The number of rotatable bonds is 4. The highest BCUT2D eigenvalue weighted by atomic mass is 32.2. The highest BCUT2D eigenvalue weighted by Crippen LogP contribution is 2.25. The van der Waals surface area contributed by atoms with Crippen molar-refractivity contribution in [3.05, 3.63) is 57.8 Å². The van der Waals surface area contributed by atoms with Crippen LogP contribution in [0.5, 0.6) is 0 Å². The second kappa shape index (κ2) is 6.76. The van der Waals surface area contributed by atoms with E-state index < -0.39 is 0 Å². The van der Waals surface area contributed by atoms with Crippen molar-refractivity contribution in [3.8, 4) is 6.07 Å². The number of carbonyl (C=O) groups is 1. The third kappa shape index (κ3) is 3.55. The lowest BCUT2D eigenvalue weighted by Crippen LogP contribution is -2.06. The zero-order valence-electron chi connectivity index (χ0n) is 13.2. The lowest BCUT2D eigenvalue weighted by Gasteiger charge is -2.08. The molecule has 0 aliphatic carbocycles. The van der Waals surface area contributed by atoms with Crippen LogP contribution in [0.1, 0.15) is 38.3 Å². The molecule has 0 aliphatic rings. The van der Waals surface area contributed by atoms with Crippen LogP contribution in [0.15, 0.2) is 29.3 Å². The van der Waals surface area contributed by atoms with Crippen LogP contribution in [0.3, 0.4) is 0 Å². The van der Waals surface area contributed by atoms with Gasteiger partial charge in [0, 0.05) is 11.3 Å². The first-order valence-corrected chi connectivity index (χ1v) is 8.02. The van der Waals surface area contributed by atoms with Gasteiger partial charge in [-0.3, -0.25) is 4.79 Å². The van der Waals surface area contributed by atoms with E-state index in [0.717, 1.165) is 27.9 Å². The number of Topliss-reactive ketones (excluding diaryl/α,β-unsaturated/α-hetero) is 1. The number of hydrogen-bond donors (Lipinski definition) is 0. The van der Waals surface area contributed by atoms with Crippen LogP contribution in [0.2, 0.25) is 0 Å². The molecule has 3 nitrogen and oxygen atoms in total. The minimum Gasteiger partial charge on any atom is -0.293 e. The van der Waals surface area contributed by atoms with Gasteiger partial charge in [-0.15, -0.1) is 0 Å². The van der Waals surface area contributed by atoms with Gasteiger partial charge in [-0.1, -0.05) is 35.5 Å². The molecule has 4 heteroatoms. The topological polar surface area (TPSA) is 53.8 Å². The minimum absolute atomic E-state index is 0.0624. The number of aromatic nitrogens is 1. The van der Waals surface area contributed by atoms with E-state index in [1.165, 1.54) is 11.8 Å². The van der Waals surface area contributed by atoms with Crippen LogP contribution in [0, 0.1) is 39.0 Å². The van der Waals surface area contributed by atoms with Crippen molar-refractivity contribution in [2.45, 2.75) is 32.7 Å². The Morgan fingerprint density at radius 1 is 1.18 bits per heavy atom. The molecule has 0 amide bonds. The zero-order valence-corrected chi connectivity index (χ0v) is 14.0. The number of pyridine rings is 1. The first kappa shape index (κ1) is 16.3. The molecule has 1 aromatic heterocycles. The number of nitrogens with zero attached hydrogens (tertiary/aromatic N) is 2. The highest BCUT2D eigenvalue weighted by Gasteiger charge is 2.14. The molecule has 0 saturated carbocycles. The van der Waals surface area contributed by atoms with E-state index in [1.54, 1.807) is 0 Å². The first-order valence-electron chi connectivity index (χ1n) is 7.04. The number of ketones is 1. The molecule has 1 aromatic carbocycles. The van der Waals surface area contributed by atoms with E-state index in [9.17, 15) is 10.1 Å². The van der Waals surface area contributed by atoms with Gasteiger partial charge in [-0.25, -0.2) is 4.98 Å². The fourth-order valence-electron chi connectivity index (χ4n) is 2.38. The van der Waals surface area contributed by atoms with Crippen LogP contribution in [0.4, 0.5) is 0 Å². The van der Waals surface area contributed by atoms with Crippen molar-refractivity contribution in [2.24, 2.45) is 0 Å². The van der Waals surface area contributed by atoms with E-state index in [1.807, 2.05) is 52.0 Å². The molecule has 1 heterocycles. The van der Waals surface area contributed by atoms with Crippen LogP contribution in [0.25, 0.3) is 0 Å². The van der Waals surface area contributed by atoms with Crippen molar-refractivity contribution in [2.75, 3.05) is 5.75 Å². The largest absolute Gasteiger partial charge is 0.293 e. The molecule has 0 bridgehead atoms. The number of hydrogen-bond acceptors (Lipinski definition) is 4. The quantitative estimate of drug-likeness (QED) is 0.628. The van der Waals surface area contributed by atoms with Gasteiger partial charge in [-0.05, 0) is 44.9 Å². The van der Waals surface area contributed by atoms with Gasteiger partial charge in [0.2, 0.25) is 0 Å². The van der Waals surface area contributed by atoms with Crippen LogP contribution in [-0.2, 0) is 0 Å². The summed E-state index contributed by atoms with van der Waals surface area (Å²) in [5, 5.41) is 9.90. The molecule has 112 valence electrons. The first-order chi connectivity index (χ1) is 10.4. The van der Waals surface area contributed by atoms with Crippen LogP contribution >= 0.6 is 11.8 Å². The van der Waals surface area contributed by atoms with E-state index in [2.05, 4.69) is 11.1 Å². The molecule has 0 fully saturated rings. The number of carbonyl (C=O) groups excluding carboxylic acids is 1. The molecule has 0 atom stereocenters. The Morgan fingerprint density at radius 3 is 2.55 bits per heavy atom. The maximum Gasteiger partial charge on any atom is 0.173 e. The monoisotopic (exact) mass is 310 g/mol. The average molecular weight is 310 g/mol. The normalized spacial score (nSPS) is 10.3. The van der Waals surface area contributed by atoms with Crippen molar-refractivity contribution >= 4 is 17.5 Å². The molecule has 0 radical (unpaired) electrons. The van der Waals surface area contributed by atoms with Gasteiger partial charge in [0.05, 0.1) is 11.3 Å². The van der Waals surface area contributed by atoms with Gasteiger partial charge >= 0.3 is 0 Å². The molecule has 0 spiro atoms. The fourth-order valence-corrected chi connectivity index (χ4v) is 3.36. The molecule has 0 unspecified atom stereocenters. The Kier molecular flexibility index (Phi) is 4.99. The highest BCUT2D eigenvalue weighted by molar-refractivity contribution is 8.00. The standard InChI is InChI=1S/C18H18N2OS/c1-11-5-6-15(12(2)7-11)17(21)10-22-18-16(9-19)13(3)8-14(4)20-18/h5-8H,10H2,1-4H3. The molecular formula is C18H18N2OS. The Morgan fingerprint density at radius 2 is 1.91 bits per heavy atom. The van der Waals surface area contributed by atoms with E-state index >= 15 is 0 Å². The Labute approximate surface area is 135 Å². The predicted octanol–water partition coefficient (Wildman–Crippen LogP) is 4.16. The van der Waals surface area contributed by atoms with Gasteiger partial charge < -0.3 is 0 Å². The third-order valence-electron chi connectivity index (χ3n) is 3.45. The van der Waals surface area contributed by atoms with E-state index in [-0.39, 0.29) is 11.5 Å². The summed E-state index contributed by atoms with van der Waals surface area (Å²) in [6.45, 7) is 7.74. The molecule has 0 N–H and O–H groups in total. The molecule has 0 saturated heterocycles. The van der Waals surface area contributed by atoms with E-state index in [0.29, 0.717) is 10.6 Å². The summed E-state index contributed by atoms with van der Waals surface area (Å²) in [4.78, 5) is 16.8. The molecule has 2 aromatic rings. The van der Waals surface area contributed by atoms with Gasteiger partial charge in [0.1, 0.15) is 11.1 Å². The summed E-state index contributed by atoms with van der Waals surface area (Å²) in [7, 11) is 0. The summed E-state index contributed by atoms with van der Waals surface area (Å²) in [6.07, 6.45) is 0. The molecule has 22 heavy (non-hydrogen) atoms. The minimum atomic E-state index is 0.0624. The fraction of sp³-hybridized carbons (Fsp3) is 0.278. The van der Waals surface area contributed by atoms with Gasteiger partial charge in [-0.2, -0.15) is 5.26 Å². The number of thioether (sulfide) groups is 1. The Balaban J connectivity index is 2.20. The summed E-state index contributed by atoms with van der Waals surface area (Å²) >= 11 is 1.33. The van der Waals surface area contributed by atoms with Crippen molar-refractivity contribution < 1.29 is 4.79 Å². The van der Waals surface area contributed by atoms with Crippen LogP contribution in [-0.4, -0.2) is 16.5 Å². The lowest BCUT2D eigenvalue weighted by molar-refractivity contribution is 0.102. The smallest absolute Gasteiger partial charge is 0.173 e. The summed E-state index contributed by atoms with van der Waals surface area (Å²) in [5.74, 6) is 0.349. The van der Waals surface area contributed by atoms with Gasteiger partial charge in [0.15, 0.2) is 5.78 Å². The predicted molar refractivity (Wildman–Crippen MR) is 89.4 cm³/mol. The third-order valence-corrected chi connectivity index (χ3v) is 4.42. The second-order valence-corrected chi connectivity index (χ2v) is 6.37. The number of benzene rings is 1. The number of nitriles is 1. The van der Waals surface area contributed by atoms with Crippen molar-refractivity contribution in [1.29, 1.82) is 5.26 Å². The molecular weight excluding hydrogens is 292 g/mol. The maximum atomic E-state index is 12.4. The average Bonchev–Trinajstić information content (AvgIpc) is 2.44. The van der Waals surface area contributed by atoms with Gasteiger partial charge in [0.25, 0.3) is 0 Å². The van der Waals surface area contributed by atoms with Crippen molar-refractivity contribution in [1.82, 2.24) is 4.98 Å².